The van der Waals surface area contributed by atoms with E-state index in [1.165, 1.54) is 48.6 Å². The van der Waals surface area contributed by atoms with Gasteiger partial charge in [0.2, 0.25) is 0 Å². The third-order valence-electron chi connectivity index (χ3n) is 12.3. The number of halogens is 3. The van der Waals surface area contributed by atoms with Crippen LogP contribution >= 0.6 is 0 Å². The molecule has 2 heterocycles. The number of ketones is 1. The van der Waals surface area contributed by atoms with Crippen molar-refractivity contribution in [2.75, 3.05) is 0 Å². The Morgan fingerprint density at radius 2 is 1.16 bits per heavy atom. The largest absolute Gasteiger partial charge is 0.512 e. The molecule has 0 saturated heterocycles. The summed E-state index contributed by atoms with van der Waals surface area (Å²) in [6.45, 7) is 22.9. The van der Waals surface area contributed by atoms with E-state index in [-0.39, 0.29) is 38.2 Å². The minimum Gasteiger partial charge on any atom is -0.512 e. The molecule has 0 amide bonds. The number of alkyl halides is 3. The number of aromatic nitrogens is 2. The maximum absolute atomic E-state index is 12.3. The zero-order chi connectivity index (χ0) is 48.3. The number of nitrogens with zero attached hydrogens (tertiary/aromatic N) is 2. The topological polar surface area (TPSA) is 63.1 Å². The van der Waals surface area contributed by atoms with Crippen molar-refractivity contribution >= 4 is 45.8 Å². The van der Waals surface area contributed by atoms with Crippen LogP contribution in [0.25, 0.3) is 44.1 Å². The number of benzene rings is 5. The molecule has 7 rings (SSSR count). The van der Waals surface area contributed by atoms with Gasteiger partial charge in [-0.2, -0.15) is 13.2 Å². The molecular weight excluding hydrogens is 1030 g/mol. The number of carbonyl (C=O) groups is 1. The molecule has 355 valence electrons. The number of hydrogen-bond donors (Lipinski definition) is 1. The average molecular weight is 1100 g/mol. The molecule has 7 aromatic rings. The minimum atomic E-state index is -4.33. The fourth-order valence-corrected chi connectivity index (χ4v) is 10.8. The quantitative estimate of drug-likeness (QED) is 0.0573. The molecule has 1 radical (unpaired) electrons. The van der Waals surface area contributed by atoms with Crippen molar-refractivity contribution in [3.8, 4) is 22.5 Å². The van der Waals surface area contributed by atoms with Gasteiger partial charge >= 0.3 is 6.18 Å². The standard InChI is InChI=1S/C25H24NSi.C20H20N.C13H21F3O2.Ir/c1-18-14-19(2)16-21(15-18)25-24-11-10-23(17-20(24)12-13-26-25)27(3,4)22-8-6-5-7-9-22;1-13(2)16-5-6-19-17(12-16)7-8-21-20(19)18-10-14(3)9-15(4)11-18;1-4-9(5-2)11(17)7-12(18)10(6-3)8-13(14,15)16;/h5-15,17H,1-4H3;5-10,12-13H,1-4H3;7,9-10,18H,4-6,8H2,1-3H3;/q2*-1;;/b;;12-7-;. The van der Waals surface area contributed by atoms with Gasteiger partial charge in [-0.25, -0.2) is 0 Å². The molecule has 5 aromatic carbocycles. The Morgan fingerprint density at radius 3 is 1.63 bits per heavy atom. The number of fused-ring (bicyclic) bond motifs is 2. The first kappa shape index (κ1) is 54.4. The van der Waals surface area contributed by atoms with Gasteiger partial charge in [0.15, 0.2) is 5.78 Å². The van der Waals surface area contributed by atoms with Crippen molar-refractivity contribution < 1.29 is 43.2 Å². The monoisotopic (exact) mass is 1100 g/mol. The number of allylic oxidation sites excluding steroid dienone is 2. The summed E-state index contributed by atoms with van der Waals surface area (Å²) >= 11 is 0. The van der Waals surface area contributed by atoms with Gasteiger partial charge in [-0.05, 0) is 75.8 Å². The van der Waals surface area contributed by atoms with Crippen molar-refractivity contribution in [3.05, 3.63) is 167 Å². The van der Waals surface area contributed by atoms with E-state index in [4.69, 9.17) is 0 Å². The summed E-state index contributed by atoms with van der Waals surface area (Å²) in [4.78, 5) is 21.0. The van der Waals surface area contributed by atoms with Crippen LogP contribution in [0, 0.1) is 51.7 Å². The first-order chi connectivity index (χ1) is 31.2. The van der Waals surface area contributed by atoms with Crippen LogP contribution < -0.4 is 10.4 Å². The molecule has 1 unspecified atom stereocenters. The van der Waals surface area contributed by atoms with Gasteiger partial charge in [0, 0.05) is 50.4 Å². The van der Waals surface area contributed by atoms with Crippen LogP contribution in [0.15, 0.2) is 127 Å². The normalized spacial score (nSPS) is 12.3. The summed E-state index contributed by atoms with van der Waals surface area (Å²) in [5.41, 5.74) is 10.4. The summed E-state index contributed by atoms with van der Waals surface area (Å²) < 4.78 is 36.8. The van der Waals surface area contributed by atoms with E-state index in [9.17, 15) is 23.1 Å². The zero-order valence-electron chi connectivity index (χ0n) is 40.8. The Kier molecular flexibility index (Phi) is 19.6. The van der Waals surface area contributed by atoms with Crippen LogP contribution in [0.2, 0.25) is 13.1 Å². The van der Waals surface area contributed by atoms with Crippen molar-refractivity contribution in [2.45, 2.75) is 113 Å². The minimum absolute atomic E-state index is 0. The molecule has 2 aromatic heterocycles. The van der Waals surface area contributed by atoms with Gasteiger partial charge in [0.1, 0.15) is 8.07 Å². The van der Waals surface area contributed by atoms with Crippen molar-refractivity contribution in [3.63, 3.8) is 0 Å². The number of rotatable bonds is 12. The Balaban J connectivity index is 0.000000224. The Bertz CT molecular complexity index is 2740. The van der Waals surface area contributed by atoms with Gasteiger partial charge in [0.05, 0.1) is 12.2 Å². The van der Waals surface area contributed by atoms with Gasteiger partial charge in [-0.15, -0.1) is 69.8 Å². The van der Waals surface area contributed by atoms with Crippen LogP contribution in [-0.2, 0) is 24.9 Å². The molecule has 0 aliphatic rings. The van der Waals surface area contributed by atoms with Crippen LogP contribution in [-0.4, -0.2) is 35.1 Å². The summed E-state index contributed by atoms with van der Waals surface area (Å²) in [6, 6.07) is 44.2. The van der Waals surface area contributed by atoms with Crippen molar-refractivity contribution in [1.82, 2.24) is 9.97 Å². The van der Waals surface area contributed by atoms with Gasteiger partial charge in [0.25, 0.3) is 0 Å². The number of carbonyl (C=O) groups excluding carboxylic acids is 1. The Hall–Kier alpha value is -5.21. The summed E-state index contributed by atoms with van der Waals surface area (Å²) in [5, 5.41) is 17.4. The fraction of sp³-hybridized carbons (Fsp3) is 0.328. The molecule has 1 atom stereocenters. The smallest absolute Gasteiger partial charge is 0.389 e. The summed E-state index contributed by atoms with van der Waals surface area (Å²) in [7, 11) is -1.72. The van der Waals surface area contributed by atoms with E-state index in [0.717, 1.165) is 39.7 Å². The van der Waals surface area contributed by atoms with Crippen molar-refractivity contribution in [2.24, 2.45) is 11.8 Å². The summed E-state index contributed by atoms with van der Waals surface area (Å²) in [6.07, 6.45) is 0.750. The zero-order valence-corrected chi connectivity index (χ0v) is 44.2. The fourth-order valence-electron chi connectivity index (χ4n) is 8.43. The molecule has 0 saturated carbocycles. The Morgan fingerprint density at radius 1 is 0.672 bits per heavy atom. The molecule has 0 aliphatic heterocycles. The van der Waals surface area contributed by atoms with Crippen molar-refractivity contribution in [1.29, 1.82) is 0 Å². The second kappa shape index (κ2) is 24.2. The molecule has 0 spiro atoms. The maximum atomic E-state index is 12.3. The van der Waals surface area contributed by atoms with E-state index in [1.54, 1.807) is 6.92 Å². The van der Waals surface area contributed by atoms with Gasteiger partial charge in [-0.3, -0.25) is 4.79 Å². The SMILES string of the molecule is CCC(CC)C(=O)/C=C(\O)C(CC)CC(F)(F)F.Cc1[c-]c(-c2nccc3cc(C(C)C)ccc23)cc(C)c1.Cc1[c-]c(-c2nccc3cc([Si](C)(C)c4ccccc4)ccc23)cc(C)c1.[Ir]. The first-order valence-corrected chi connectivity index (χ1v) is 26.1. The van der Waals surface area contributed by atoms with Crippen LogP contribution in [0.3, 0.4) is 0 Å². The second-order valence-electron chi connectivity index (χ2n) is 18.3. The van der Waals surface area contributed by atoms with Gasteiger partial charge in [-0.1, -0.05) is 153 Å². The van der Waals surface area contributed by atoms with E-state index < -0.39 is 32.3 Å². The number of aryl methyl sites for hydroxylation is 4. The van der Waals surface area contributed by atoms with Crippen LogP contribution in [0.4, 0.5) is 13.2 Å². The molecule has 0 bridgehead atoms. The second-order valence-corrected chi connectivity index (χ2v) is 22.7. The van der Waals surface area contributed by atoms with E-state index >= 15 is 0 Å². The molecule has 9 heteroatoms. The van der Waals surface area contributed by atoms with Crippen LogP contribution in [0.1, 0.15) is 94.0 Å². The van der Waals surface area contributed by atoms with E-state index in [2.05, 4.69) is 180 Å². The molecule has 0 aliphatic carbocycles. The summed E-state index contributed by atoms with van der Waals surface area (Å²) in [5.74, 6) is -1.46. The van der Waals surface area contributed by atoms with E-state index in [0.29, 0.717) is 18.8 Å². The number of hydrogen-bond acceptors (Lipinski definition) is 4. The number of aliphatic hydroxyl groups excluding tert-OH is 1. The third kappa shape index (κ3) is 14.6. The van der Waals surface area contributed by atoms with Crippen LogP contribution in [0.5, 0.6) is 0 Å². The average Bonchev–Trinajstić information content (AvgIpc) is 3.27. The predicted octanol–water partition coefficient (Wildman–Crippen LogP) is 15.0. The molecule has 0 fully saturated rings. The number of aliphatic hydroxyl groups is 1. The molecule has 67 heavy (non-hydrogen) atoms. The third-order valence-corrected chi connectivity index (χ3v) is 15.8. The Labute approximate surface area is 411 Å². The van der Waals surface area contributed by atoms with Gasteiger partial charge < -0.3 is 15.1 Å². The number of pyridine rings is 2. The molecular formula is C58H65F3IrN2O2Si-2. The van der Waals surface area contributed by atoms with E-state index in [1.807, 2.05) is 26.2 Å². The predicted molar refractivity (Wildman–Crippen MR) is 273 cm³/mol. The maximum Gasteiger partial charge on any atom is 0.389 e. The first-order valence-electron chi connectivity index (χ1n) is 23.1. The molecule has 1 N–H and O–H groups in total. The molecule has 4 nitrogen and oxygen atoms in total.